The molecule has 0 aliphatic rings. The molecule has 2 N–H and O–H groups in total. The van der Waals surface area contributed by atoms with Gasteiger partial charge < -0.3 is 0 Å². The van der Waals surface area contributed by atoms with Gasteiger partial charge >= 0.3 is 0 Å². The normalized spacial score (nSPS) is 10.6. The van der Waals surface area contributed by atoms with E-state index in [4.69, 9.17) is 5.21 Å². The molecule has 0 bridgehead atoms. The van der Waals surface area contributed by atoms with Crippen LogP contribution in [0.2, 0.25) is 0 Å². The lowest BCUT2D eigenvalue weighted by Gasteiger charge is -2.02. The lowest BCUT2D eigenvalue weighted by molar-refractivity contribution is 0.240. The molecule has 1 aromatic rings. The van der Waals surface area contributed by atoms with E-state index in [9.17, 15) is 0 Å². The van der Waals surface area contributed by atoms with Gasteiger partial charge in [-0.2, -0.15) is 0 Å². The van der Waals surface area contributed by atoms with Gasteiger partial charge in [-0.1, -0.05) is 31.5 Å². The summed E-state index contributed by atoms with van der Waals surface area (Å²) in [4.78, 5) is 4.06. The highest BCUT2D eigenvalue weighted by Gasteiger charge is 1.96. The summed E-state index contributed by atoms with van der Waals surface area (Å²) in [5.41, 5.74) is 4.01. The summed E-state index contributed by atoms with van der Waals surface area (Å²) in [5, 5.41) is 8.35. The van der Waals surface area contributed by atoms with Gasteiger partial charge in [-0.05, 0) is 18.1 Å². The van der Waals surface area contributed by atoms with Crippen LogP contribution in [0, 0.1) is 0 Å². The van der Waals surface area contributed by atoms with E-state index in [0.29, 0.717) is 0 Å². The molecule has 0 saturated heterocycles. The second kappa shape index (κ2) is 5.32. The molecule has 0 aliphatic carbocycles. The predicted molar refractivity (Wildman–Crippen MR) is 53.5 cm³/mol. The highest BCUT2D eigenvalue weighted by atomic mass is 16.5. The zero-order valence-corrected chi connectivity index (χ0v) is 7.70. The molecule has 0 atom stereocenters. The smallest absolute Gasteiger partial charge is 0.113 e. The van der Waals surface area contributed by atoms with Gasteiger partial charge in [0.1, 0.15) is 6.34 Å². The SMILES string of the molecule is CCCc1ccccc1N=CNO. The van der Waals surface area contributed by atoms with E-state index >= 15 is 0 Å². The third-order valence-corrected chi connectivity index (χ3v) is 1.77. The topological polar surface area (TPSA) is 44.6 Å². The summed E-state index contributed by atoms with van der Waals surface area (Å²) in [6, 6.07) is 7.91. The van der Waals surface area contributed by atoms with Crippen LogP contribution in [0.1, 0.15) is 18.9 Å². The van der Waals surface area contributed by atoms with Gasteiger partial charge in [0.15, 0.2) is 0 Å². The molecule has 0 spiro atoms. The second-order valence-electron chi connectivity index (χ2n) is 2.77. The minimum absolute atomic E-state index is 0.908. The molecular formula is C10H14N2O. The standard InChI is InChI=1S/C10H14N2O/c1-2-5-9-6-3-4-7-10(9)11-8-12-13/h3-4,6-8,13H,2,5H2,1H3,(H,11,12). The summed E-state index contributed by atoms with van der Waals surface area (Å²) in [6.07, 6.45) is 3.38. The van der Waals surface area contributed by atoms with E-state index in [1.54, 1.807) is 0 Å². The van der Waals surface area contributed by atoms with Gasteiger partial charge in [-0.3, -0.25) is 10.7 Å². The summed E-state index contributed by atoms with van der Waals surface area (Å²) in [7, 11) is 0. The first-order valence-electron chi connectivity index (χ1n) is 4.38. The average Bonchev–Trinajstić information content (AvgIpc) is 2.17. The molecule has 0 radical (unpaired) electrons. The van der Waals surface area contributed by atoms with Crippen LogP contribution in [0.4, 0.5) is 5.69 Å². The second-order valence-corrected chi connectivity index (χ2v) is 2.77. The van der Waals surface area contributed by atoms with E-state index in [0.717, 1.165) is 18.5 Å². The molecule has 13 heavy (non-hydrogen) atoms. The molecular weight excluding hydrogens is 164 g/mol. The number of hydrogen-bond acceptors (Lipinski definition) is 2. The van der Waals surface area contributed by atoms with Crippen molar-refractivity contribution in [1.29, 1.82) is 0 Å². The molecule has 0 heterocycles. The van der Waals surface area contributed by atoms with E-state index in [2.05, 4.69) is 11.9 Å². The highest BCUT2D eigenvalue weighted by Crippen LogP contribution is 2.19. The average molecular weight is 178 g/mol. The van der Waals surface area contributed by atoms with Crippen molar-refractivity contribution < 1.29 is 5.21 Å². The van der Waals surface area contributed by atoms with Crippen molar-refractivity contribution in [3.63, 3.8) is 0 Å². The predicted octanol–water partition coefficient (Wildman–Crippen LogP) is 2.28. The minimum atomic E-state index is 0.908. The number of nitrogens with zero attached hydrogens (tertiary/aromatic N) is 1. The monoisotopic (exact) mass is 178 g/mol. The number of aliphatic imine (C=N–C) groups is 1. The molecule has 0 aromatic heterocycles. The van der Waals surface area contributed by atoms with Gasteiger partial charge in [0.25, 0.3) is 0 Å². The Morgan fingerprint density at radius 1 is 1.46 bits per heavy atom. The third-order valence-electron chi connectivity index (χ3n) is 1.77. The molecule has 70 valence electrons. The number of para-hydroxylation sites is 1. The third kappa shape index (κ3) is 2.87. The van der Waals surface area contributed by atoms with E-state index in [1.165, 1.54) is 11.9 Å². The zero-order chi connectivity index (χ0) is 9.52. The molecule has 0 unspecified atom stereocenters. The molecule has 0 aliphatic heterocycles. The zero-order valence-electron chi connectivity index (χ0n) is 7.70. The lowest BCUT2D eigenvalue weighted by atomic mass is 10.1. The molecule has 1 aromatic carbocycles. The Balaban J connectivity index is 2.84. The van der Waals surface area contributed by atoms with Crippen LogP contribution in [-0.2, 0) is 6.42 Å². The first-order chi connectivity index (χ1) is 6.38. The Hall–Kier alpha value is -1.35. The maximum absolute atomic E-state index is 8.35. The fourth-order valence-electron chi connectivity index (χ4n) is 1.22. The first kappa shape index (κ1) is 9.74. The number of hydroxylamine groups is 1. The van der Waals surface area contributed by atoms with Crippen molar-refractivity contribution >= 4 is 12.0 Å². The van der Waals surface area contributed by atoms with Crippen LogP contribution < -0.4 is 5.48 Å². The Kier molecular flexibility index (Phi) is 3.99. The van der Waals surface area contributed by atoms with Gasteiger partial charge in [0, 0.05) is 0 Å². The Labute approximate surface area is 78.1 Å². The van der Waals surface area contributed by atoms with E-state index in [1.807, 2.05) is 29.7 Å². The molecule has 1 rings (SSSR count). The van der Waals surface area contributed by atoms with E-state index < -0.39 is 0 Å². The Bertz CT molecular complexity index is 284. The Morgan fingerprint density at radius 2 is 2.23 bits per heavy atom. The number of benzene rings is 1. The van der Waals surface area contributed by atoms with Crippen LogP contribution in [0.15, 0.2) is 29.3 Å². The van der Waals surface area contributed by atoms with Crippen molar-refractivity contribution in [3.05, 3.63) is 29.8 Å². The van der Waals surface area contributed by atoms with Crippen LogP contribution >= 0.6 is 0 Å². The van der Waals surface area contributed by atoms with Crippen molar-refractivity contribution in [2.45, 2.75) is 19.8 Å². The fourth-order valence-corrected chi connectivity index (χ4v) is 1.22. The van der Waals surface area contributed by atoms with Crippen molar-refractivity contribution in [2.24, 2.45) is 4.99 Å². The van der Waals surface area contributed by atoms with Crippen molar-refractivity contribution in [1.82, 2.24) is 5.48 Å². The summed E-state index contributed by atoms with van der Waals surface area (Å²) in [6.45, 7) is 2.13. The maximum Gasteiger partial charge on any atom is 0.113 e. The summed E-state index contributed by atoms with van der Waals surface area (Å²) in [5.74, 6) is 0. The van der Waals surface area contributed by atoms with Crippen LogP contribution in [0.25, 0.3) is 0 Å². The number of aryl methyl sites for hydroxylation is 1. The molecule has 0 amide bonds. The van der Waals surface area contributed by atoms with Crippen LogP contribution in [-0.4, -0.2) is 11.5 Å². The van der Waals surface area contributed by atoms with Gasteiger partial charge in [-0.15, -0.1) is 0 Å². The highest BCUT2D eigenvalue weighted by molar-refractivity contribution is 5.61. The summed E-state index contributed by atoms with van der Waals surface area (Å²) < 4.78 is 0. The number of nitrogens with one attached hydrogen (secondary N) is 1. The molecule has 3 heteroatoms. The van der Waals surface area contributed by atoms with Crippen molar-refractivity contribution in [2.75, 3.05) is 0 Å². The lowest BCUT2D eigenvalue weighted by Crippen LogP contribution is -2.01. The Morgan fingerprint density at radius 3 is 2.92 bits per heavy atom. The van der Waals surface area contributed by atoms with Crippen LogP contribution in [0.5, 0.6) is 0 Å². The van der Waals surface area contributed by atoms with Crippen LogP contribution in [0.3, 0.4) is 0 Å². The van der Waals surface area contributed by atoms with Crippen molar-refractivity contribution in [3.8, 4) is 0 Å². The van der Waals surface area contributed by atoms with Gasteiger partial charge in [0.05, 0.1) is 5.69 Å². The molecule has 0 fully saturated rings. The van der Waals surface area contributed by atoms with Gasteiger partial charge in [0.2, 0.25) is 0 Å². The molecule has 3 nitrogen and oxygen atoms in total. The quantitative estimate of drug-likeness (QED) is 0.422. The summed E-state index contributed by atoms with van der Waals surface area (Å²) >= 11 is 0. The fraction of sp³-hybridized carbons (Fsp3) is 0.300. The number of hydrogen-bond donors (Lipinski definition) is 2. The first-order valence-corrected chi connectivity index (χ1v) is 4.38. The van der Waals surface area contributed by atoms with E-state index in [-0.39, 0.29) is 0 Å². The minimum Gasteiger partial charge on any atom is -0.290 e. The number of rotatable bonds is 4. The molecule has 0 saturated carbocycles. The van der Waals surface area contributed by atoms with Gasteiger partial charge in [-0.25, -0.2) is 4.99 Å². The maximum atomic E-state index is 8.35. The largest absolute Gasteiger partial charge is 0.290 e.